The molecule has 0 amide bonds. The standard InChI is InChI=1S/3C10H7.Sn.H2/c3*1-2-6-10-8-4-3-7-9(10)5-1;;/h3*1-7H;;1H. The van der Waals surface area contributed by atoms with Crippen LogP contribution in [0.2, 0.25) is 0 Å². The molecule has 31 heavy (non-hydrogen) atoms. The predicted molar refractivity (Wildman–Crippen MR) is 136 cm³/mol. The SMILES string of the molecule is [HH].[Sn].[c]1cccc2ccccc12.[c]1cccc2ccccc12.[c]1cccc2ccccc12. The molecule has 0 bridgehead atoms. The minimum Gasteiger partial charge on any atom is -0.0616 e. The van der Waals surface area contributed by atoms with E-state index in [4.69, 9.17) is 0 Å². The molecule has 0 spiro atoms. The smallest absolute Gasteiger partial charge is 0 e. The summed E-state index contributed by atoms with van der Waals surface area (Å²) in [4.78, 5) is 0. The van der Waals surface area contributed by atoms with Gasteiger partial charge < -0.3 is 0 Å². The molecule has 0 N–H and O–H groups in total. The third-order valence-electron chi connectivity index (χ3n) is 4.71. The monoisotopic (exact) mass is 503 g/mol. The summed E-state index contributed by atoms with van der Waals surface area (Å²) in [7, 11) is 0. The second-order valence-electron chi connectivity index (χ2n) is 6.77. The fourth-order valence-electron chi connectivity index (χ4n) is 3.19. The topological polar surface area (TPSA) is 0 Å². The van der Waals surface area contributed by atoms with E-state index in [1.165, 1.54) is 32.3 Å². The van der Waals surface area contributed by atoms with Crippen molar-refractivity contribution < 1.29 is 1.43 Å². The Morgan fingerprint density at radius 2 is 0.613 bits per heavy atom. The first-order valence-electron chi connectivity index (χ1n) is 9.96. The van der Waals surface area contributed by atoms with Crippen molar-refractivity contribution >= 4 is 56.2 Å². The molecule has 0 saturated heterocycles. The van der Waals surface area contributed by atoms with Gasteiger partial charge in [-0.2, -0.15) is 0 Å². The fraction of sp³-hybridized carbons (Fsp3) is 0. The van der Waals surface area contributed by atoms with Gasteiger partial charge in [-0.25, -0.2) is 0 Å². The van der Waals surface area contributed by atoms with Gasteiger partial charge in [-0.1, -0.05) is 127 Å². The van der Waals surface area contributed by atoms with E-state index in [0.29, 0.717) is 0 Å². The van der Waals surface area contributed by atoms with Crippen molar-refractivity contribution in [3.8, 4) is 0 Å². The van der Waals surface area contributed by atoms with Crippen molar-refractivity contribution in [2.24, 2.45) is 0 Å². The molecule has 0 aromatic heterocycles. The minimum absolute atomic E-state index is 0. The summed E-state index contributed by atoms with van der Waals surface area (Å²) in [5.41, 5.74) is 0. The molecular weight excluding hydrogens is 479 g/mol. The molecule has 6 aromatic carbocycles. The van der Waals surface area contributed by atoms with Crippen LogP contribution in [0.5, 0.6) is 0 Å². The Hall–Kier alpha value is -3.10. The predicted octanol–water partition coefficient (Wildman–Crippen LogP) is 7.79. The summed E-state index contributed by atoms with van der Waals surface area (Å²) in [6.45, 7) is 0. The minimum atomic E-state index is 0. The van der Waals surface area contributed by atoms with Gasteiger partial charge in [0.15, 0.2) is 0 Å². The van der Waals surface area contributed by atoms with Gasteiger partial charge in [0.25, 0.3) is 0 Å². The molecule has 7 radical (unpaired) electrons. The Morgan fingerprint density at radius 1 is 0.355 bits per heavy atom. The zero-order valence-corrected chi connectivity index (χ0v) is 20.0. The molecule has 0 unspecified atom stereocenters. The van der Waals surface area contributed by atoms with E-state index in [2.05, 4.69) is 72.8 Å². The second kappa shape index (κ2) is 11.9. The van der Waals surface area contributed by atoms with Gasteiger partial charge >= 0.3 is 0 Å². The molecule has 0 nitrogen and oxygen atoms in total. The summed E-state index contributed by atoms with van der Waals surface area (Å²) in [6, 6.07) is 52.2. The van der Waals surface area contributed by atoms with Crippen molar-refractivity contribution in [3.05, 3.63) is 146 Å². The van der Waals surface area contributed by atoms with Crippen LogP contribution in [-0.4, -0.2) is 23.9 Å². The van der Waals surface area contributed by atoms with Crippen LogP contribution in [0.1, 0.15) is 1.43 Å². The fourth-order valence-corrected chi connectivity index (χ4v) is 3.19. The first-order valence-corrected chi connectivity index (χ1v) is 9.96. The molecular formula is C30H23Sn. The quantitative estimate of drug-likeness (QED) is 0.186. The Morgan fingerprint density at radius 3 is 0.903 bits per heavy atom. The Bertz CT molecular complexity index is 995. The van der Waals surface area contributed by atoms with Gasteiger partial charge in [0.1, 0.15) is 0 Å². The van der Waals surface area contributed by atoms with E-state index in [9.17, 15) is 0 Å². The van der Waals surface area contributed by atoms with E-state index >= 15 is 0 Å². The number of benzene rings is 6. The van der Waals surface area contributed by atoms with Crippen LogP contribution < -0.4 is 0 Å². The summed E-state index contributed by atoms with van der Waals surface area (Å²) in [6.07, 6.45) is 0. The number of hydrogen-bond acceptors (Lipinski definition) is 0. The van der Waals surface area contributed by atoms with E-state index in [1.807, 2.05) is 72.8 Å². The van der Waals surface area contributed by atoms with Gasteiger partial charge in [-0.3, -0.25) is 0 Å². The summed E-state index contributed by atoms with van der Waals surface area (Å²) in [5.74, 6) is 0. The first kappa shape index (κ1) is 22.6. The van der Waals surface area contributed by atoms with Crippen molar-refractivity contribution in [1.82, 2.24) is 0 Å². The second-order valence-corrected chi connectivity index (χ2v) is 6.77. The van der Waals surface area contributed by atoms with Crippen LogP contribution in [0.4, 0.5) is 0 Å². The molecule has 0 atom stereocenters. The van der Waals surface area contributed by atoms with Gasteiger partial charge in [-0.05, 0) is 50.5 Å². The average molecular weight is 502 g/mol. The van der Waals surface area contributed by atoms with Gasteiger partial charge in [0.2, 0.25) is 0 Å². The van der Waals surface area contributed by atoms with E-state index in [1.54, 1.807) is 0 Å². The Labute approximate surface area is 202 Å². The van der Waals surface area contributed by atoms with Gasteiger partial charge in [0.05, 0.1) is 0 Å². The van der Waals surface area contributed by atoms with E-state index in [-0.39, 0.29) is 25.3 Å². The van der Waals surface area contributed by atoms with E-state index in [0.717, 1.165) is 0 Å². The van der Waals surface area contributed by atoms with Crippen molar-refractivity contribution in [2.45, 2.75) is 0 Å². The molecule has 0 aliphatic carbocycles. The Balaban J connectivity index is 0.000000165. The number of hydrogen-bond donors (Lipinski definition) is 0. The van der Waals surface area contributed by atoms with Crippen LogP contribution in [-0.2, 0) is 0 Å². The van der Waals surface area contributed by atoms with Crippen LogP contribution in [0.25, 0.3) is 32.3 Å². The zero-order chi connectivity index (χ0) is 20.4. The van der Waals surface area contributed by atoms with Gasteiger partial charge in [0, 0.05) is 25.3 Å². The number of rotatable bonds is 0. The molecule has 147 valence electrons. The molecule has 0 aliphatic rings. The van der Waals surface area contributed by atoms with Crippen molar-refractivity contribution in [2.75, 3.05) is 0 Å². The Kier molecular flexibility index (Phi) is 8.69. The third kappa shape index (κ3) is 6.44. The van der Waals surface area contributed by atoms with Gasteiger partial charge in [-0.15, -0.1) is 0 Å². The molecule has 0 saturated carbocycles. The summed E-state index contributed by atoms with van der Waals surface area (Å²) < 4.78 is 0. The summed E-state index contributed by atoms with van der Waals surface area (Å²) >= 11 is 0. The normalized spacial score (nSPS) is 9.68. The maximum atomic E-state index is 3.15. The zero-order valence-electron chi connectivity index (χ0n) is 17.1. The van der Waals surface area contributed by atoms with Crippen LogP contribution in [0, 0.1) is 18.2 Å². The molecule has 1 heteroatoms. The maximum absolute atomic E-state index is 3.15. The average Bonchev–Trinajstić information content (AvgIpc) is 2.85. The number of fused-ring (bicyclic) bond motifs is 3. The molecule has 0 aliphatic heterocycles. The molecule has 6 aromatic rings. The molecule has 0 fully saturated rings. The van der Waals surface area contributed by atoms with Crippen LogP contribution in [0.15, 0.2) is 127 Å². The largest absolute Gasteiger partial charge is 0.0616 e. The van der Waals surface area contributed by atoms with Crippen LogP contribution in [0.3, 0.4) is 0 Å². The summed E-state index contributed by atoms with van der Waals surface area (Å²) in [5, 5.41) is 7.32. The van der Waals surface area contributed by atoms with E-state index < -0.39 is 0 Å². The van der Waals surface area contributed by atoms with Crippen molar-refractivity contribution in [1.29, 1.82) is 0 Å². The molecule has 0 heterocycles. The van der Waals surface area contributed by atoms with Crippen LogP contribution >= 0.6 is 0 Å². The maximum Gasteiger partial charge on any atom is 0 e. The van der Waals surface area contributed by atoms with Crippen molar-refractivity contribution in [3.63, 3.8) is 0 Å². The third-order valence-corrected chi connectivity index (χ3v) is 4.71. The first-order chi connectivity index (χ1) is 14.9. The molecule has 6 rings (SSSR count).